The Morgan fingerprint density at radius 3 is 2.74 bits per heavy atom. The minimum atomic E-state index is -0.469. The summed E-state index contributed by atoms with van der Waals surface area (Å²) in [6, 6.07) is 4.78. The molecular weight excluding hydrogens is 268 g/mol. The van der Waals surface area contributed by atoms with E-state index in [9.17, 15) is 15.2 Å². The maximum Gasteiger partial charge on any atom is 0.310 e. The van der Waals surface area contributed by atoms with Crippen LogP contribution in [-0.2, 0) is 0 Å². The van der Waals surface area contributed by atoms with Crippen molar-refractivity contribution in [3.63, 3.8) is 0 Å². The van der Waals surface area contributed by atoms with Gasteiger partial charge in [-0.05, 0) is 25.0 Å². The Labute approximate surface area is 116 Å². The number of aliphatic hydroxyl groups is 1. The molecule has 1 aliphatic rings. The van der Waals surface area contributed by atoms with Gasteiger partial charge in [0, 0.05) is 7.05 Å². The Morgan fingerprint density at radius 2 is 2.11 bits per heavy atom. The van der Waals surface area contributed by atoms with E-state index in [1.165, 1.54) is 6.07 Å². The fourth-order valence-corrected chi connectivity index (χ4v) is 2.93. The molecule has 1 aromatic carbocycles. The second kappa shape index (κ2) is 5.75. The number of hydrogen-bond donors (Lipinski definition) is 1. The van der Waals surface area contributed by atoms with Gasteiger partial charge >= 0.3 is 5.69 Å². The molecule has 1 aliphatic carbocycles. The first kappa shape index (κ1) is 14.1. The molecule has 1 fully saturated rings. The quantitative estimate of drug-likeness (QED) is 0.684. The van der Waals surface area contributed by atoms with Gasteiger partial charge < -0.3 is 10.0 Å². The predicted molar refractivity (Wildman–Crippen MR) is 74.8 cm³/mol. The molecule has 104 valence electrons. The summed E-state index contributed by atoms with van der Waals surface area (Å²) >= 11 is 5.91. The minimum Gasteiger partial charge on any atom is -0.391 e. The molecule has 19 heavy (non-hydrogen) atoms. The van der Waals surface area contributed by atoms with Crippen LogP contribution in [0.4, 0.5) is 11.4 Å². The van der Waals surface area contributed by atoms with Gasteiger partial charge in [-0.25, -0.2) is 0 Å². The van der Waals surface area contributed by atoms with E-state index in [-0.39, 0.29) is 16.8 Å². The Hall–Kier alpha value is -1.33. The van der Waals surface area contributed by atoms with Crippen LogP contribution in [0.25, 0.3) is 0 Å². The van der Waals surface area contributed by atoms with Crippen molar-refractivity contribution in [2.24, 2.45) is 0 Å². The first-order valence-electron chi connectivity index (χ1n) is 6.36. The smallest absolute Gasteiger partial charge is 0.310 e. The number of nitro groups is 1. The van der Waals surface area contributed by atoms with Crippen LogP contribution in [-0.4, -0.2) is 29.2 Å². The highest BCUT2D eigenvalue weighted by molar-refractivity contribution is 6.33. The van der Waals surface area contributed by atoms with E-state index < -0.39 is 11.0 Å². The summed E-state index contributed by atoms with van der Waals surface area (Å²) in [7, 11) is 1.78. The van der Waals surface area contributed by atoms with Crippen LogP contribution >= 0.6 is 11.6 Å². The molecule has 0 amide bonds. The van der Waals surface area contributed by atoms with Crippen LogP contribution in [0, 0.1) is 10.1 Å². The highest BCUT2D eigenvalue weighted by Gasteiger charge is 2.31. The second-order valence-corrected chi connectivity index (χ2v) is 5.30. The van der Waals surface area contributed by atoms with Crippen LogP contribution in [0.1, 0.15) is 25.7 Å². The molecule has 1 saturated carbocycles. The normalized spacial score (nSPS) is 23.1. The highest BCUT2D eigenvalue weighted by Crippen LogP contribution is 2.37. The average Bonchev–Trinajstić information content (AvgIpc) is 2.37. The number of likely N-dealkylation sites (N-methyl/N-ethyl adjacent to an activating group) is 1. The van der Waals surface area contributed by atoms with Crippen LogP contribution in [0.2, 0.25) is 5.02 Å². The van der Waals surface area contributed by atoms with E-state index in [2.05, 4.69) is 0 Å². The molecule has 0 aliphatic heterocycles. The van der Waals surface area contributed by atoms with Crippen LogP contribution in [0.5, 0.6) is 0 Å². The zero-order valence-corrected chi connectivity index (χ0v) is 11.5. The molecule has 2 unspecified atom stereocenters. The Balaban J connectivity index is 2.35. The maximum absolute atomic E-state index is 11.1. The lowest BCUT2D eigenvalue weighted by molar-refractivity contribution is -0.384. The van der Waals surface area contributed by atoms with Crippen molar-refractivity contribution in [3.05, 3.63) is 33.3 Å². The van der Waals surface area contributed by atoms with Gasteiger partial charge in [0.05, 0.1) is 17.1 Å². The van der Waals surface area contributed by atoms with Crippen molar-refractivity contribution in [2.75, 3.05) is 11.9 Å². The van der Waals surface area contributed by atoms with Crippen molar-refractivity contribution in [1.82, 2.24) is 0 Å². The minimum absolute atomic E-state index is 0.0917. The highest BCUT2D eigenvalue weighted by atomic mass is 35.5. The fourth-order valence-electron chi connectivity index (χ4n) is 2.69. The molecule has 1 aromatic rings. The molecule has 2 atom stereocenters. The summed E-state index contributed by atoms with van der Waals surface area (Å²) in [5, 5.41) is 21.3. The van der Waals surface area contributed by atoms with E-state index in [4.69, 9.17) is 11.6 Å². The van der Waals surface area contributed by atoms with Gasteiger partial charge in [-0.2, -0.15) is 0 Å². The molecule has 6 heteroatoms. The third-order valence-electron chi connectivity index (χ3n) is 3.72. The first-order valence-corrected chi connectivity index (χ1v) is 6.74. The predicted octanol–water partition coefficient (Wildman–Crippen LogP) is 2.99. The molecule has 0 saturated heterocycles. The van der Waals surface area contributed by atoms with E-state index >= 15 is 0 Å². The maximum atomic E-state index is 11.1. The molecule has 0 aromatic heterocycles. The number of aliphatic hydroxyl groups excluding tert-OH is 1. The van der Waals surface area contributed by atoms with E-state index in [0.29, 0.717) is 5.69 Å². The van der Waals surface area contributed by atoms with E-state index in [1.54, 1.807) is 24.1 Å². The van der Waals surface area contributed by atoms with E-state index in [0.717, 1.165) is 25.7 Å². The van der Waals surface area contributed by atoms with Gasteiger partial charge in [0.2, 0.25) is 0 Å². The summed E-state index contributed by atoms with van der Waals surface area (Å²) in [6.07, 6.45) is 3.16. The molecule has 0 bridgehead atoms. The van der Waals surface area contributed by atoms with Crippen molar-refractivity contribution in [3.8, 4) is 0 Å². The number of para-hydroxylation sites is 1. The van der Waals surface area contributed by atoms with Crippen LogP contribution < -0.4 is 4.90 Å². The van der Waals surface area contributed by atoms with E-state index in [1.807, 2.05) is 0 Å². The van der Waals surface area contributed by atoms with Gasteiger partial charge in [0.15, 0.2) is 0 Å². The van der Waals surface area contributed by atoms with Crippen molar-refractivity contribution < 1.29 is 10.0 Å². The Bertz CT molecular complexity index is 481. The molecule has 5 nitrogen and oxygen atoms in total. The van der Waals surface area contributed by atoms with Crippen molar-refractivity contribution in [1.29, 1.82) is 0 Å². The standard InChI is InChI=1S/C13H17ClN2O3/c1-15(10-6-2-3-8-12(10)17)11-7-4-5-9(14)13(11)16(18)19/h4-5,7,10,12,17H,2-3,6,8H2,1H3. The van der Waals surface area contributed by atoms with Gasteiger partial charge in [0.1, 0.15) is 10.7 Å². The SMILES string of the molecule is CN(c1cccc(Cl)c1[N+](=O)[O-])C1CCCCC1O. The zero-order valence-electron chi connectivity index (χ0n) is 10.8. The fraction of sp³-hybridized carbons (Fsp3) is 0.538. The molecule has 0 spiro atoms. The largest absolute Gasteiger partial charge is 0.391 e. The number of anilines is 1. The first-order chi connectivity index (χ1) is 9.02. The van der Waals surface area contributed by atoms with Crippen molar-refractivity contribution in [2.45, 2.75) is 37.8 Å². The number of nitrogens with zero attached hydrogens (tertiary/aromatic N) is 2. The van der Waals surface area contributed by atoms with Crippen LogP contribution in [0.15, 0.2) is 18.2 Å². The number of nitro benzene ring substituents is 1. The number of rotatable bonds is 3. The lowest BCUT2D eigenvalue weighted by Gasteiger charge is -2.36. The van der Waals surface area contributed by atoms with Crippen molar-refractivity contribution >= 4 is 23.0 Å². The molecule has 0 heterocycles. The number of hydrogen-bond acceptors (Lipinski definition) is 4. The summed E-state index contributed by atoms with van der Waals surface area (Å²) in [5.74, 6) is 0. The summed E-state index contributed by atoms with van der Waals surface area (Å²) in [5.41, 5.74) is 0.368. The summed E-state index contributed by atoms with van der Waals surface area (Å²) in [6.45, 7) is 0. The van der Waals surface area contributed by atoms with Gasteiger partial charge in [-0.3, -0.25) is 10.1 Å². The Morgan fingerprint density at radius 1 is 1.42 bits per heavy atom. The molecule has 0 radical (unpaired) electrons. The molecular formula is C13H17ClN2O3. The monoisotopic (exact) mass is 284 g/mol. The molecule has 2 rings (SSSR count). The zero-order chi connectivity index (χ0) is 14.0. The van der Waals surface area contributed by atoms with Gasteiger partial charge in [0.25, 0.3) is 0 Å². The average molecular weight is 285 g/mol. The lowest BCUT2D eigenvalue weighted by Crippen LogP contribution is -2.43. The third-order valence-corrected chi connectivity index (χ3v) is 4.02. The number of benzene rings is 1. The lowest BCUT2D eigenvalue weighted by atomic mass is 9.91. The van der Waals surface area contributed by atoms with Crippen LogP contribution in [0.3, 0.4) is 0 Å². The molecule has 1 N–H and O–H groups in total. The topological polar surface area (TPSA) is 66.6 Å². The third kappa shape index (κ3) is 2.82. The summed E-state index contributed by atoms with van der Waals surface area (Å²) < 4.78 is 0. The van der Waals surface area contributed by atoms with Gasteiger partial charge in [-0.15, -0.1) is 0 Å². The number of halogens is 1. The second-order valence-electron chi connectivity index (χ2n) is 4.89. The summed E-state index contributed by atoms with van der Waals surface area (Å²) in [4.78, 5) is 12.5. The van der Waals surface area contributed by atoms with Gasteiger partial charge in [-0.1, -0.05) is 30.5 Å². The Kier molecular flexibility index (Phi) is 4.27.